The number of hydrogen-bond donors (Lipinski definition) is 0. The smallest absolute Gasteiger partial charge is 0.246 e. The summed E-state index contributed by atoms with van der Waals surface area (Å²) in [6.07, 6.45) is 4.91. The topological polar surface area (TPSA) is 50.5 Å². The number of hydrogen-bond acceptors (Lipinski definition) is 4. The summed E-state index contributed by atoms with van der Waals surface area (Å²) < 4.78 is 2.52. The van der Waals surface area contributed by atoms with Crippen molar-refractivity contribution >= 4 is 34.5 Å². The van der Waals surface area contributed by atoms with Crippen molar-refractivity contribution < 1.29 is 4.79 Å². The van der Waals surface area contributed by atoms with Gasteiger partial charge in [-0.1, -0.05) is 42.4 Å². The van der Waals surface area contributed by atoms with Gasteiger partial charge in [-0.05, 0) is 41.0 Å². The molecule has 0 unspecified atom stereocenters. The van der Waals surface area contributed by atoms with Crippen molar-refractivity contribution in [2.45, 2.75) is 12.5 Å². The third-order valence-corrected chi connectivity index (χ3v) is 6.60. The number of amides is 1. The van der Waals surface area contributed by atoms with Crippen molar-refractivity contribution in [2.24, 2.45) is 0 Å². The van der Waals surface area contributed by atoms with E-state index in [-0.39, 0.29) is 11.8 Å². The summed E-state index contributed by atoms with van der Waals surface area (Å²) in [7, 11) is 0. The van der Waals surface area contributed by atoms with Gasteiger partial charge in [0.15, 0.2) is 5.65 Å². The third kappa shape index (κ3) is 3.14. The molecule has 1 atom stereocenters. The fraction of sp³-hybridized carbons (Fsp3) is 0.136. The number of carbonyl (C=O) groups excluding carboxylic acids is 1. The van der Waals surface area contributed by atoms with E-state index in [1.54, 1.807) is 10.8 Å². The second-order valence-electron chi connectivity index (χ2n) is 6.97. The van der Waals surface area contributed by atoms with E-state index >= 15 is 0 Å². The van der Waals surface area contributed by atoms with Crippen LogP contribution in [0.4, 0.5) is 0 Å². The molecule has 4 aromatic rings. The van der Waals surface area contributed by atoms with Crippen molar-refractivity contribution in [1.29, 1.82) is 0 Å². The third-order valence-electron chi connectivity index (χ3n) is 5.33. The van der Waals surface area contributed by atoms with Gasteiger partial charge < -0.3 is 4.90 Å². The first kappa shape index (κ1) is 18.1. The Hall–Kier alpha value is -2.96. The van der Waals surface area contributed by atoms with Gasteiger partial charge in [-0.25, -0.2) is 9.50 Å². The highest BCUT2D eigenvalue weighted by atomic mass is 35.5. The summed E-state index contributed by atoms with van der Waals surface area (Å²) in [6.45, 7) is 4.82. The van der Waals surface area contributed by atoms with Gasteiger partial charge >= 0.3 is 0 Å². The first-order valence-electron chi connectivity index (χ1n) is 9.22. The van der Waals surface area contributed by atoms with Gasteiger partial charge in [0.25, 0.3) is 0 Å². The van der Waals surface area contributed by atoms with Gasteiger partial charge in [0, 0.05) is 29.1 Å². The zero-order valence-electron chi connectivity index (χ0n) is 15.5. The maximum Gasteiger partial charge on any atom is 0.246 e. The second-order valence-corrected chi connectivity index (χ2v) is 8.74. The standard InChI is InChI=1S/C22H17ClN4OS/c1-2-22(28)26-11-18(17-9-20(23)29-19(17)12-26)16-6-4-3-5-15(16)14-7-8-21-24-13-25-27(21)10-14/h2-10,13,18H,1,11-12H2/t18-/m1/s1. The molecule has 1 aliphatic rings. The fourth-order valence-electron chi connectivity index (χ4n) is 3.99. The van der Waals surface area contributed by atoms with E-state index in [1.807, 2.05) is 35.4 Å². The number of fused-ring (bicyclic) bond motifs is 2. The molecule has 5 nitrogen and oxygen atoms in total. The summed E-state index contributed by atoms with van der Waals surface area (Å²) in [4.78, 5) is 19.6. The Morgan fingerprint density at radius 1 is 1.24 bits per heavy atom. The number of aromatic nitrogens is 3. The first-order chi connectivity index (χ1) is 14.1. The average Bonchev–Trinajstić information content (AvgIpc) is 3.37. The Balaban J connectivity index is 1.65. The summed E-state index contributed by atoms with van der Waals surface area (Å²) in [5.41, 5.74) is 5.31. The fourth-order valence-corrected chi connectivity index (χ4v) is 5.34. The van der Waals surface area contributed by atoms with Gasteiger partial charge in [0.1, 0.15) is 6.33 Å². The van der Waals surface area contributed by atoms with E-state index in [9.17, 15) is 4.79 Å². The highest BCUT2D eigenvalue weighted by Gasteiger charge is 2.31. The lowest BCUT2D eigenvalue weighted by molar-refractivity contribution is -0.127. The van der Waals surface area contributed by atoms with Crippen molar-refractivity contribution in [1.82, 2.24) is 19.5 Å². The minimum atomic E-state index is -0.0633. The normalized spacial score (nSPS) is 16.0. The molecule has 0 spiro atoms. The van der Waals surface area contributed by atoms with Gasteiger partial charge in [-0.2, -0.15) is 5.10 Å². The minimum absolute atomic E-state index is 0.0362. The first-order valence-corrected chi connectivity index (χ1v) is 10.4. The lowest BCUT2D eigenvalue weighted by Crippen LogP contribution is -2.37. The maximum atomic E-state index is 12.4. The van der Waals surface area contributed by atoms with Gasteiger partial charge in [0.05, 0.1) is 10.9 Å². The molecule has 1 aliphatic heterocycles. The molecule has 0 fully saturated rings. The Labute approximate surface area is 176 Å². The van der Waals surface area contributed by atoms with E-state index < -0.39 is 0 Å². The van der Waals surface area contributed by atoms with Crippen LogP contribution < -0.4 is 0 Å². The second kappa shape index (κ2) is 7.13. The molecule has 4 heterocycles. The molecule has 0 radical (unpaired) electrons. The molecule has 1 aromatic carbocycles. The van der Waals surface area contributed by atoms with E-state index in [1.165, 1.54) is 23.0 Å². The highest BCUT2D eigenvalue weighted by molar-refractivity contribution is 7.16. The van der Waals surface area contributed by atoms with E-state index in [4.69, 9.17) is 11.6 Å². The lowest BCUT2D eigenvalue weighted by atomic mass is 9.84. The summed E-state index contributed by atoms with van der Waals surface area (Å²) in [5.74, 6) is -0.0271. The number of pyridine rings is 1. The van der Waals surface area contributed by atoms with Crippen molar-refractivity contribution in [2.75, 3.05) is 6.54 Å². The van der Waals surface area contributed by atoms with Crippen molar-refractivity contribution in [3.05, 3.63) is 88.0 Å². The number of nitrogens with zero attached hydrogens (tertiary/aromatic N) is 4. The number of rotatable bonds is 3. The quantitative estimate of drug-likeness (QED) is 0.448. The predicted molar refractivity (Wildman–Crippen MR) is 115 cm³/mol. The van der Waals surface area contributed by atoms with Crippen LogP contribution >= 0.6 is 22.9 Å². The van der Waals surface area contributed by atoms with Crippen LogP contribution in [-0.4, -0.2) is 31.9 Å². The van der Waals surface area contributed by atoms with Gasteiger partial charge in [-0.3, -0.25) is 4.79 Å². The highest BCUT2D eigenvalue weighted by Crippen LogP contribution is 2.42. The summed E-state index contributed by atoms with van der Waals surface area (Å²) in [6, 6.07) is 14.4. The van der Waals surface area contributed by atoms with Crippen LogP contribution in [0.5, 0.6) is 0 Å². The molecule has 0 saturated carbocycles. The molecular weight excluding hydrogens is 404 g/mol. The minimum Gasteiger partial charge on any atom is -0.333 e. The number of halogens is 1. The molecule has 0 bridgehead atoms. The Kier molecular flexibility index (Phi) is 4.45. The Morgan fingerprint density at radius 3 is 2.97 bits per heavy atom. The molecule has 0 N–H and O–H groups in total. The molecule has 5 rings (SSSR count). The largest absolute Gasteiger partial charge is 0.333 e. The van der Waals surface area contributed by atoms with E-state index in [0.29, 0.717) is 13.1 Å². The zero-order chi connectivity index (χ0) is 20.0. The monoisotopic (exact) mass is 420 g/mol. The molecular formula is C22H17ClN4OS. The average molecular weight is 421 g/mol. The van der Waals surface area contributed by atoms with Crippen LogP contribution in [0.25, 0.3) is 16.8 Å². The van der Waals surface area contributed by atoms with Crippen LogP contribution in [0.2, 0.25) is 4.34 Å². The Bertz CT molecular complexity index is 1240. The van der Waals surface area contributed by atoms with Crippen LogP contribution in [0, 0.1) is 0 Å². The van der Waals surface area contributed by atoms with Crippen LogP contribution in [0.15, 0.2) is 67.6 Å². The van der Waals surface area contributed by atoms with Gasteiger partial charge in [-0.15, -0.1) is 11.3 Å². The van der Waals surface area contributed by atoms with Crippen LogP contribution in [0.3, 0.4) is 0 Å². The molecule has 0 saturated heterocycles. The molecule has 0 aliphatic carbocycles. The maximum absolute atomic E-state index is 12.4. The molecule has 1 amide bonds. The van der Waals surface area contributed by atoms with Crippen LogP contribution in [0.1, 0.15) is 21.9 Å². The van der Waals surface area contributed by atoms with E-state index in [2.05, 4.69) is 34.9 Å². The summed E-state index contributed by atoms with van der Waals surface area (Å²) >= 11 is 7.89. The Morgan fingerprint density at radius 2 is 2.10 bits per heavy atom. The predicted octanol–water partition coefficient (Wildman–Crippen LogP) is 4.77. The summed E-state index contributed by atoms with van der Waals surface area (Å²) in [5, 5.41) is 4.26. The molecule has 7 heteroatoms. The zero-order valence-corrected chi connectivity index (χ0v) is 17.0. The lowest BCUT2D eigenvalue weighted by Gasteiger charge is -2.33. The number of carbonyl (C=O) groups is 1. The molecule has 3 aromatic heterocycles. The number of thiophene rings is 1. The number of benzene rings is 1. The van der Waals surface area contributed by atoms with Crippen molar-refractivity contribution in [3.63, 3.8) is 0 Å². The van der Waals surface area contributed by atoms with E-state index in [0.717, 1.165) is 31.6 Å². The molecule has 144 valence electrons. The van der Waals surface area contributed by atoms with Gasteiger partial charge in [0.2, 0.25) is 5.91 Å². The van der Waals surface area contributed by atoms with Crippen molar-refractivity contribution in [3.8, 4) is 11.1 Å². The molecule has 29 heavy (non-hydrogen) atoms. The van der Waals surface area contributed by atoms with Crippen LogP contribution in [-0.2, 0) is 11.3 Å². The SMILES string of the molecule is C=CC(=O)N1Cc2sc(Cl)cc2[C@@H](c2ccccc2-c2ccc3ncnn3c2)C1.